The first-order chi connectivity index (χ1) is 15.8. The topological polar surface area (TPSA) is 104 Å². The lowest BCUT2D eigenvalue weighted by atomic mass is 9.93. The number of hydrogen-bond donors (Lipinski definition) is 2. The van der Waals surface area contributed by atoms with Crippen molar-refractivity contribution in [2.75, 3.05) is 11.9 Å². The Labute approximate surface area is 191 Å². The van der Waals surface area contributed by atoms with Gasteiger partial charge >= 0.3 is 0 Å². The van der Waals surface area contributed by atoms with Crippen LogP contribution in [0.3, 0.4) is 0 Å². The average Bonchev–Trinajstić information content (AvgIpc) is 3.02. The van der Waals surface area contributed by atoms with E-state index in [2.05, 4.69) is 11.4 Å². The van der Waals surface area contributed by atoms with Gasteiger partial charge in [-0.1, -0.05) is 24.3 Å². The molecule has 2 amide bonds. The highest BCUT2D eigenvalue weighted by Gasteiger charge is 2.31. The zero-order valence-electron chi connectivity index (χ0n) is 18.4. The molecule has 0 spiro atoms. The summed E-state index contributed by atoms with van der Waals surface area (Å²) in [5.74, 6) is -0.930. The van der Waals surface area contributed by atoms with Gasteiger partial charge in [-0.3, -0.25) is 19.1 Å². The molecule has 3 N–H and O–H groups in total. The van der Waals surface area contributed by atoms with E-state index >= 15 is 0 Å². The molecule has 4 rings (SSSR count). The van der Waals surface area contributed by atoms with Crippen LogP contribution in [0.4, 0.5) is 10.2 Å². The SMILES string of the molecule is Cc1c(C#N)c(NC(=O)CN2Cc3ccccc3C[C@H]2C(N)=O)n(-c2ccc(F)cc2)c1C. The summed E-state index contributed by atoms with van der Waals surface area (Å²) in [7, 11) is 0. The van der Waals surface area contributed by atoms with Crippen LogP contribution in [0.15, 0.2) is 48.5 Å². The number of anilines is 1. The van der Waals surface area contributed by atoms with Crippen LogP contribution >= 0.6 is 0 Å². The summed E-state index contributed by atoms with van der Waals surface area (Å²) in [5, 5.41) is 12.6. The van der Waals surface area contributed by atoms with Crippen molar-refractivity contribution in [2.45, 2.75) is 32.9 Å². The number of halogens is 1. The zero-order chi connectivity index (χ0) is 23.7. The van der Waals surface area contributed by atoms with Crippen LogP contribution in [-0.2, 0) is 22.6 Å². The molecule has 2 heterocycles. The molecule has 1 aliphatic heterocycles. The molecule has 8 heteroatoms. The number of nitrogens with one attached hydrogen (secondary N) is 1. The van der Waals surface area contributed by atoms with E-state index in [1.165, 1.54) is 12.1 Å². The van der Waals surface area contributed by atoms with Gasteiger partial charge in [-0.25, -0.2) is 4.39 Å². The Morgan fingerprint density at radius 3 is 2.45 bits per heavy atom. The largest absolute Gasteiger partial charge is 0.368 e. The second-order valence-corrected chi connectivity index (χ2v) is 8.20. The Morgan fingerprint density at radius 1 is 1.15 bits per heavy atom. The summed E-state index contributed by atoms with van der Waals surface area (Å²) >= 11 is 0. The number of nitriles is 1. The molecule has 168 valence electrons. The first-order valence-electron chi connectivity index (χ1n) is 10.6. The second-order valence-electron chi connectivity index (χ2n) is 8.20. The minimum atomic E-state index is -0.603. The van der Waals surface area contributed by atoms with E-state index in [1.807, 2.05) is 31.2 Å². The number of carbonyl (C=O) groups excluding carboxylic acids is 2. The van der Waals surface area contributed by atoms with E-state index in [0.29, 0.717) is 30.0 Å². The maximum atomic E-state index is 13.5. The molecule has 0 saturated heterocycles. The molecule has 33 heavy (non-hydrogen) atoms. The van der Waals surface area contributed by atoms with Crippen molar-refractivity contribution >= 4 is 17.6 Å². The monoisotopic (exact) mass is 445 g/mol. The van der Waals surface area contributed by atoms with Crippen molar-refractivity contribution < 1.29 is 14.0 Å². The highest BCUT2D eigenvalue weighted by molar-refractivity contribution is 5.94. The maximum absolute atomic E-state index is 13.5. The molecule has 1 aromatic heterocycles. The van der Waals surface area contributed by atoms with Crippen molar-refractivity contribution in [2.24, 2.45) is 5.73 Å². The van der Waals surface area contributed by atoms with Gasteiger partial charge in [0.05, 0.1) is 18.2 Å². The van der Waals surface area contributed by atoms with Crippen LogP contribution in [0.2, 0.25) is 0 Å². The summed E-state index contributed by atoms with van der Waals surface area (Å²) in [5.41, 5.74) is 10.2. The average molecular weight is 445 g/mol. The van der Waals surface area contributed by atoms with Gasteiger partial charge in [0.15, 0.2) is 0 Å². The smallest absolute Gasteiger partial charge is 0.239 e. The van der Waals surface area contributed by atoms with Crippen molar-refractivity contribution in [1.82, 2.24) is 9.47 Å². The Bertz CT molecular complexity index is 1270. The lowest BCUT2D eigenvalue weighted by molar-refractivity contribution is -0.125. The molecular weight excluding hydrogens is 421 g/mol. The van der Waals surface area contributed by atoms with Gasteiger partial charge in [0.25, 0.3) is 0 Å². The number of benzene rings is 2. The molecule has 1 atom stereocenters. The quantitative estimate of drug-likeness (QED) is 0.630. The molecule has 0 bridgehead atoms. The normalized spacial score (nSPS) is 15.5. The number of primary amides is 1. The maximum Gasteiger partial charge on any atom is 0.239 e. The summed E-state index contributed by atoms with van der Waals surface area (Å²) < 4.78 is 15.2. The first kappa shape index (κ1) is 22.2. The minimum absolute atomic E-state index is 0.0699. The number of aromatic nitrogens is 1. The minimum Gasteiger partial charge on any atom is -0.368 e. The van der Waals surface area contributed by atoms with Crippen LogP contribution in [0.1, 0.15) is 27.9 Å². The Morgan fingerprint density at radius 2 is 1.82 bits per heavy atom. The third kappa shape index (κ3) is 4.23. The Balaban J connectivity index is 1.64. The molecule has 2 aromatic carbocycles. The third-order valence-corrected chi connectivity index (χ3v) is 6.19. The predicted octanol–water partition coefficient (Wildman–Crippen LogP) is 2.96. The zero-order valence-corrected chi connectivity index (χ0v) is 18.4. The number of carbonyl (C=O) groups is 2. The fourth-order valence-electron chi connectivity index (χ4n) is 4.35. The van der Waals surface area contributed by atoms with E-state index in [9.17, 15) is 19.2 Å². The second kappa shape index (κ2) is 8.88. The van der Waals surface area contributed by atoms with Crippen molar-refractivity contribution in [3.63, 3.8) is 0 Å². The number of amides is 2. The molecular formula is C25H24FN5O2. The summed E-state index contributed by atoms with van der Waals surface area (Å²) in [4.78, 5) is 26.9. The Kier molecular flexibility index (Phi) is 5.99. The van der Waals surface area contributed by atoms with Crippen LogP contribution in [0.5, 0.6) is 0 Å². The summed E-state index contributed by atoms with van der Waals surface area (Å²) in [6.45, 7) is 3.98. The van der Waals surface area contributed by atoms with Crippen LogP contribution in [0.25, 0.3) is 5.69 Å². The highest BCUT2D eigenvalue weighted by atomic mass is 19.1. The number of rotatable bonds is 5. The van der Waals surface area contributed by atoms with E-state index < -0.39 is 11.9 Å². The molecule has 3 aromatic rings. The van der Waals surface area contributed by atoms with Gasteiger partial charge in [-0.2, -0.15) is 5.26 Å². The lowest BCUT2D eigenvalue weighted by Gasteiger charge is -2.34. The number of nitrogens with two attached hydrogens (primary N) is 1. The van der Waals surface area contributed by atoms with Crippen LogP contribution < -0.4 is 11.1 Å². The van der Waals surface area contributed by atoms with E-state index in [0.717, 1.165) is 22.4 Å². The van der Waals surface area contributed by atoms with Gasteiger partial charge in [-0.15, -0.1) is 0 Å². The molecule has 0 aliphatic carbocycles. The van der Waals surface area contributed by atoms with E-state index in [1.54, 1.807) is 28.5 Å². The standard InChI is InChI=1S/C25H24FN5O2/c1-15-16(2)31(20-9-7-19(26)8-10-20)25(21(15)12-27)29-23(32)14-30-13-18-6-4-3-5-17(18)11-22(30)24(28)33/h3-10,22H,11,13-14H2,1-2H3,(H2,28,33)(H,29,32)/t22-/m0/s1. The van der Waals surface area contributed by atoms with Gasteiger partial charge in [0.2, 0.25) is 11.8 Å². The van der Waals surface area contributed by atoms with Crippen molar-refractivity contribution in [3.05, 3.63) is 82.3 Å². The molecule has 0 unspecified atom stereocenters. The fourth-order valence-corrected chi connectivity index (χ4v) is 4.35. The Hall–Kier alpha value is -3.96. The van der Waals surface area contributed by atoms with Gasteiger partial charge in [0, 0.05) is 17.9 Å². The number of fused-ring (bicyclic) bond motifs is 1. The highest BCUT2D eigenvalue weighted by Crippen LogP contribution is 2.30. The summed E-state index contributed by atoms with van der Waals surface area (Å²) in [6, 6.07) is 15.1. The van der Waals surface area contributed by atoms with Crippen LogP contribution in [0, 0.1) is 31.0 Å². The molecule has 7 nitrogen and oxygen atoms in total. The van der Waals surface area contributed by atoms with Crippen LogP contribution in [-0.4, -0.2) is 33.9 Å². The van der Waals surface area contributed by atoms with E-state index in [4.69, 9.17) is 5.73 Å². The van der Waals surface area contributed by atoms with Crippen molar-refractivity contribution in [3.8, 4) is 11.8 Å². The van der Waals surface area contributed by atoms with Crippen molar-refractivity contribution in [1.29, 1.82) is 5.26 Å². The van der Waals surface area contributed by atoms with Gasteiger partial charge < -0.3 is 11.1 Å². The molecule has 0 fully saturated rings. The third-order valence-electron chi connectivity index (χ3n) is 6.19. The number of nitrogens with zero attached hydrogens (tertiary/aromatic N) is 3. The predicted molar refractivity (Wildman–Crippen MR) is 122 cm³/mol. The molecule has 0 radical (unpaired) electrons. The molecule has 0 saturated carbocycles. The fraction of sp³-hybridized carbons (Fsp3) is 0.240. The molecule has 1 aliphatic rings. The lowest BCUT2D eigenvalue weighted by Crippen LogP contribution is -2.51. The number of hydrogen-bond acceptors (Lipinski definition) is 4. The summed E-state index contributed by atoms with van der Waals surface area (Å²) in [6.07, 6.45) is 0.437. The van der Waals surface area contributed by atoms with E-state index in [-0.39, 0.29) is 18.3 Å². The van der Waals surface area contributed by atoms with Gasteiger partial charge in [-0.05, 0) is 61.2 Å². The van der Waals surface area contributed by atoms with Gasteiger partial charge in [0.1, 0.15) is 17.7 Å². The first-order valence-corrected chi connectivity index (χ1v) is 10.6.